The molecule has 0 spiro atoms. The molecule has 1 amide bonds. The van der Waals surface area contributed by atoms with E-state index in [0.717, 1.165) is 26.2 Å². The lowest BCUT2D eigenvalue weighted by atomic mass is 10.1. The van der Waals surface area contributed by atoms with E-state index in [9.17, 15) is 14.0 Å². The maximum absolute atomic E-state index is 14.8. The molecule has 0 atom stereocenters. The van der Waals surface area contributed by atoms with Crippen LogP contribution in [0.15, 0.2) is 23.1 Å². The minimum atomic E-state index is -0.568. The molecule has 1 aromatic carbocycles. The number of anilines is 1. The number of aliphatic hydroxyl groups excluding tert-OH is 1. The average molecular weight is 413 g/mol. The van der Waals surface area contributed by atoms with E-state index in [-0.39, 0.29) is 36.5 Å². The smallest absolute Gasteiger partial charge is 0.256 e. The van der Waals surface area contributed by atoms with Crippen LogP contribution in [0.3, 0.4) is 0 Å². The topological polar surface area (TPSA) is 77.8 Å². The number of fused-ring (bicyclic) bond motifs is 1. The molecule has 2 heterocycles. The number of piperazine rings is 1. The molecule has 3 rings (SSSR count). The Morgan fingerprint density at radius 2 is 1.93 bits per heavy atom. The van der Waals surface area contributed by atoms with Gasteiger partial charge in [-0.25, -0.2) is 4.39 Å². The molecule has 9 heteroatoms. The van der Waals surface area contributed by atoms with Crippen LogP contribution in [0.1, 0.15) is 17.3 Å². The van der Waals surface area contributed by atoms with Gasteiger partial charge in [-0.05, 0) is 26.1 Å². The Kier molecular flexibility index (Phi) is 7.40. The molecule has 1 fully saturated rings. The van der Waals surface area contributed by atoms with Crippen LogP contribution in [0.5, 0.6) is 0 Å². The lowest BCUT2D eigenvalue weighted by molar-refractivity contribution is 0.0943. The molecule has 2 aromatic rings. The number of carbonyl (C=O) groups excluding carboxylic acids is 1. The van der Waals surface area contributed by atoms with Crippen LogP contribution in [0.4, 0.5) is 10.1 Å². The van der Waals surface area contributed by atoms with E-state index in [1.54, 1.807) is 10.6 Å². The number of hydrogen-bond donors (Lipinski definition) is 2. The van der Waals surface area contributed by atoms with Gasteiger partial charge in [-0.3, -0.25) is 9.59 Å². The molecule has 0 bridgehead atoms. The summed E-state index contributed by atoms with van der Waals surface area (Å²) < 4.78 is 16.6. The fraction of sp³-hybridized carbons (Fsp3) is 0.474. The first-order chi connectivity index (χ1) is 13.0. The molecule has 154 valence electrons. The van der Waals surface area contributed by atoms with Gasteiger partial charge in [0.2, 0.25) is 5.43 Å². The van der Waals surface area contributed by atoms with Gasteiger partial charge in [0.1, 0.15) is 11.4 Å². The Hall–Kier alpha value is -2.16. The first kappa shape index (κ1) is 22.1. The molecule has 0 aliphatic carbocycles. The van der Waals surface area contributed by atoms with Crippen molar-refractivity contribution in [3.63, 3.8) is 0 Å². The molecular formula is C19H26ClFN4O3. The van der Waals surface area contributed by atoms with Crippen molar-refractivity contribution in [2.75, 3.05) is 51.3 Å². The van der Waals surface area contributed by atoms with Crippen LogP contribution in [-0.4, -0.2) is 66.9 Å². The molecule has 0 saturated carbocycles. The number of nitrogens with zero attached hydrogens (tertiary/aromatic N) is 3. The van der Waals surface area contributed by atoms with E-state index in [2.05, 4.69) is 10.2 Å². The summed E-state index contributed by atoms with van der Waals surface area (Å²) in [6.07, 6.45) is 1.50. The number of halogens is 2. The second kappa shape index (κ2) is 9.36. The minimum Gasteiger partial charge on any atom is -0.395 e. The quantitative estimate of drug-likeness (QED) is 0.767. The lowest BCUT2D eigenvalue weighted by Crippen LogP contribution is -2.44. The Morgan fingerprint density at radius 3 is 2.54 bits per heavy atom. The highest BCUT2D eigenvalue weighted by Gasteiger charge is 2.21. The summed E-state index contributed by atoms with van der Waals surface area (Å²) >= 11 is 0. The summed E-state index contributed by atoms with van der Waals surface area (Å²) in [5.74, 6) is -1.03. The third-order valence-corrected chi connectivity index (χ3v) is 4.98. The summed E-state index contributed by atoms with van der Waals surface area (Å²) in [6.45, 7) is 5.41. The van der Waals surface area contributed by atoms with Crippen molar-refractivity contribution in [2.24, 2.45) is 0 Å². The van der Waals surface area contributed by atoms with Crippen LogP contribution < -0.4 is 15.6 Å². The molecule has 28 heavy (non-hydrogen) atoms. The standard InChI is InChI=1S/C19H25FN4O3.ClH/c1-3-23-12-14(19(27)21-4-9-25)18(26)13-10-15(20)17(11-16(13)23)24-7-5-22(2)6-8-24;/h10-12,25H,3-9H2,1-2H3,(H,21,27);1H. The highest BCUT2D eigenvalue weighted by Crippen LogP contribution is 2.26. The SMILES string of the molecule is CCn1cc(C(=O)NCCO)c(=O)c2cc(F)c(N3CCN(C)CC3)cc21.Cl. The lowest BCUT2D eigenvalue weighted by Gasteiger charge is -2.34. The normalized spacial score (nSPS) is 14.8. The molecule has 0 unspecified atom stereocenters. The zero-order valence-electron chi connectivity index (χ0n) is 16.1. The summed E-state index contributed by atoms with van der Waals surface area (Å²) in [6, 6.07) is 2.94. The van der Waals surface area contributed by atoms with Crippen molar-refractivity contribution in [1.82, 2.24) is 14.8 Å². The monoisotopic (exact) mass is 412 g/mol. The first-order valence-corrected chi connectivity index (χ1v) is 9.15. The van der Waals surface area contributed by atoms with Crippen molar-refractivity contribution < 1.29 is 14.3 Å². The summed E-state index contributed by atoms with van der Waals surface area (Å²) in [7, 11) is 2.03. The largest absolute Gasteiger partial charge is 0.395 e. The Balaban J connectivity index is 0.00000280. The fourth-order valence-corrected chi connectivity index (χ4v) is 3.38. The predicted molar refractivity (Wildman–Crippen MR) is 110 cm³/mol. The van der Waals surface area contributed by atoms with Gasteiger partial charge in [0.25, 0.3) is 5.91 Å². The highest BCUT2D eigenvalue weighted by atomic mass is 35.5. The van der Waals surface area contributed by atoms with Crippen LogP contribution in [0.2, 0.25) is 0 Å². The molecule has 0 radical (unpaired) electrons. The number of aliphatic hydroxyl groups is 1. The Labute approximate surface area is 169 Å². The second-order valence-electron chi connectivity index (χ2n) is 6.75. The minimum absolute atomic E-state index is 0. The maximum atomic E-state index is 14.8. The number of carbonyl (C=O) groups is 1. The van der Waals surface area contributed by atoms with Gasteiger partial charge >= 0.3 is 0 Å². The molecule has 1 aromatic heterocycles. The second-order valence-corrected chi connectivity index (χ2v) is 6.75. The number of amides is 1. The average Bonchev–Trinajstić information content (AvgIpc) is 2.67. The van der Waals surface area contributed by atoms with E-state index < -0.39 is 17.2 Å². The van der Waals surface area contributed by atoms with E-state index in [1.165, 1.54) is 12.3 Å². The number of aromatic nitrogens is 1. The molecule has 7 nitrogen and oxygen atoms in total. The number of benzene rings is 1. The van der Waals surface area contributed by atoms with Gasteiger partial charge in [-0.1, -0.05) is 0 Å². The van der Waals surface area contributed by atoms with Crippen LogP contribution >= 0.6 is 12.4 Å². The zero-order valence-corrected chi connectivity index (χ0v) is 16.9. The third-order valence-electron chi connectivity index (χ3n) is 4.98. The van der Waals surface area contributed by atoms with Crippen LogP contribution in [0, 0.1) is 5.82 Å². The van der Waals surface area contributed by atoms with Crippen molar-refractivity contribution in [2.45, 2.75) is 13.5 Å². The van der Waals surface area contributed by atoms with E-state index in [0.29, 0.717) is 17.7 Å². The maximum Gasteiger partial charge on any atom is 0.256 e. The molecule has 1 aliphatic rings. The summed E-state index contributed by atoms with van der Waals surface area (Å²) in [5, 5.41) is 11.5. The zero-order chi connectivity index (χ0) is 19.6. The van der Waals surface area contributed by atoms with Crippen molar-refractivity contribution in [3.8, 4) is 0 Å². The number of aryl methyl sites for hydroxylation is 1. The van der Waals surface area contributed by atoms with Gasteiger partial charge in [-0.15, -0.1) is 12.4 Å². The molecule has 2 N–H and O–H groups in total. The van der Waals surface area contributed by atoms with E-state index in [4.69, 9.17) is 5.11 Å². The Bertz CT molecular complexity index is 910. The predicted octanol–water partition coefficient (Wildman–Crippen LogP) is 1.06. The van der Waals surface area contributed by atoms with E-state index in [1.807, 2.05) is 18.9 Å². The highest BCUT2D eigenvalue weighted by molar-refractivity contribution is 5.97. The summed E-state index contributed by atoms with van der Waals surface area (Å²) in [4.78, 5) is 29.2. The summed E-state index contributed by atoms with van der Waals surface area (Å²) in [5.41, 5.74) is 0.532. The first-order valence-electron chi connectivity index (χ1n) is 9.15. The van der Waals surface area contributed by atoms with Crippen molar-refractivity contribution >= 4 is 34.9 Å². The van der Waals surface area contributed by atoms with Gasteiger partial charge in [0.15, 0.2) is 0 Å². The Morgan fingerprint density at radius 1 is 1.25 bits per heavy atom. The van der Waals surface area contributed by atoms with Crippen LogP contribution in [-0.2, 0) is 6.54 Å². The van der Waals surface area contributed by atoms with E-state index >= 15 is 0 Å². The molecular weight excluding hydrogens is 387 g/mol. The number of pyridine rings is 1. The molecule has 1 aliphatic heterocycles. The van der Waals surface area contributed by atoms with Gasteiger partial charge in [0.05, 0.1) is 17.8 Å². The number of rotatable bonds is 5. The van der Waals surface area contributed by atoms with Gasteiger partial charge in [0, 0.05) is 50.9 Å². The molecule has 1 saturated heterocycles. The third kappa shape index (κ3) is 4.29. The fourth-order valence-electron chi connectivity index (χ4n) is 3.38. The van der Waals surface area contributed by atoms with Gasteiger partial charge < -0.3 is 24.8 Å². The number of hydrogen-bond acceptors (Lipinski definition) is 5. The van der Waals surface area contributed by atoms with Crippen molar-refractivity contribution in [1.29, 1.82) is 0 Å². The van der Waals surface area contributed by atoms with Crippen molar-refractivity contribution in [3.05, 3.63) is 39.9 Å². The van der Waals surface area contributed by atoms with Crippen LogP contribution in [0.25, 0.3) is 10.9 Å². The number of nitrogens with one attached hydrogen (secondary N) is 1. The van der Waals surface area contributed by atoms with Gasteiger partial charge in [-0.2, -0.15) is 0 Å². The number of likely N-dealkylation sites (N-methyl/N-ethyl adjacent to an activating group) is 1.